The number of likely N-dealkylation sites (N-methyl/N-ethyl adjacent to an activating group) is 1. The van der Waals surface area contributed by atoms with E-state index in [0.29, 0.717) is 43.0 Å². The fourth-order valence-corrected chi connectivity index (χ4v) is 5.98. The van der Waals surface area contributed by atoms with Gasteiger partial charge in [-0.2, -0.15) is 5.10 Å². The van der Waals surface area contributed by atoms with Gasteiger partial charge in [0.2, 0.25) is 0 Å². The van der Waals surface area contributed by atoms with Crippen molar-refractivity contribution in [2.24, 2.45) is 7.05 Å². The number of hydrogen-bond acceptors (Lipinski definition) is 10. The summed E-state index contributed by atoms with van der Waals surface area (Å²) in [7, 11) is 4.00. The lowest BCUT2D eigenvalue weighted by Crippen LogP contribution is -2.49. The first-order chi connectivity index (χ1) is 22.4. The molecule has 7 rings (SSSR count). The van der Waals surface area contributed by atoms with Gasteiger partial charge in [0.15, 0.2) is 5.78 Å². The number of nitrogens with zero attached hydrogens (tertiary/aromatic N) is 10. The summed E-state index contributed by atoms with van der Waals surface area (Å²) in [5.41, 5.74) is 3.63. The minimum atomic E-state index is -0.0293. The van der Waals surface area contributed by atoms with Crippen LogP contribution in [0.2, 0.25) is 0 Å². The summed E-state index contributed by atoms with van der Waals surface area (Å²) in [5.74, 6) is 1.60. The van der Waals surface area contributed by atoms with Crippen molar-refractivity contribution in [2.45, 2.75) is 6.42 Å². The Bertz CT molecular complexity index is 1870. The van der Waals surface area contributed by atoms with Gasteiger partial charge in [-0.3, -0.25) is 24.2 Å². The summed E-state index contributed by atoms with van der Waals surface area (Å²) in [6.07, 6.45) is 10.8. The maximum atomic E-state index is 13.3. The molecule has 2 aliphatic heterocycles. The van der Waals surface area contributed by atoms with Gasteiger partial charge >= 0.3 is 0 Å². The summed E-state index contributed by atoms with van der Waals surface area (Å²) < 4.78 is 1.74. The molecule has 5 aromatic heterocycles. The number of pyridine rings is 4. The smallest absolute Gasteiger partial charge is 0.255 e. The highest BCUT2D eigenvalue weighted by atomic mass is 16.2. The summed E-state index contributed by atoms with van der Waals surface area (Å²) in [4.78, 5) is 53.3. The number of fused-ring (bicyclic) bond motifs is 1. The van der Waals surface area contributed by atoms with Gasteiger partial charge < -0.3 is 19.6 Å². The highest BCUT2D eigenvalue weighted by Crippen LogP contribution is 2.23. The molecule has 0 radical (unpaired) electrons. The molecular formula is C34H36N10O2. The molecule has 2 saturated heterocycles. The van der Waals surface area contributed by atoms with Crippen molar-refractivity contribution < 1.29 is 9.59 Å². The van der Waals surface area contributed by atoms with E-state index in [1.165, 1.54) is 0 Å². The molecule has 7 heterocycles. The molecule has 0 aliphatic carbocycles. The number of rotatable bonds is 7. The van der Waals surface area contributed by atoms with E-state index in [1.807, 2.05) is 48.5 Å². The molecule has 5 aromatic rings. The molecule has 0 spiro atoms. The Labute approximate surface area is 267 Å². The minimum Gasteiger partial charge on any atom is -0.354 e. The zero-order valence-corrected chi connectivity index (χ0v) is 26.1. The first-order valence-corrected chi connectivity index (χ1v) is 15.6. The van der Waals surface area contributed by atoms with Crippen molar-refractivity contribution in [1.29, 1.82) is 0 Å². The second-order valence-electron chi connectivity index (χ2n) is 12.0. The van der Waals surface area contributed by atoms with E-state index in [0.717, 1.165) is 59.8 Å². The number of Topliss-reactive ketones (excluding diaryl/α,β-unsaturated/α-hetero) is 1. The third-order valence-electron chi connectivity index (χ3n) is 8.78. The van der Waals surface area contributed by atoms with Gasteiger partial charge in [-0.15, -0.1) is 0 Å². The van der Waals surface area contributed by atoms with Crippen molar-refractivity contribution in [2.75, 3.05) is 69.2 Å². The number of hydrogen-bond donors (Lipinski definition) is 0. The molecular weight excluding hydrogens is 580 g/mol. The molecule has 234 valence electrons. The zero-order chi connectivity index (χ0) is 31.6. The van der Waals surface area contributed by atoms with Crippen LogP contribution in [0, 0.1) is 0 Å². The molecule has 0 aromatic carbocycles. The highest BCUT2D eigenvalue weighted by molar-refractivity contribution is 5.98. The molecule has 1 amide bonds. The standard InChI is InChI=1S/C34H36N10O2/c1-40-7-9-42(10-8-40)32-4-3-25(19-38-32)34(46)44-13-11-43(12-14-44)33-17-24(5-6-35-33)31(45)18-29-15-26-16-30(28-22-39-41(2)23-28)37-21-27(26)20-36-29/h3-6,15-17,19-23H,7-14,18H2,1-2H3. The maximum absolute atomic E-state index is 13.3. The monoisotopic (exact) mass is 616 g/mol. The quantitative estimate of drug-likeness (QED) is 0.253. The van der Waals surface area contributed by atoms with Crippen LogP contribution in [0.1, 0.15) is 26.4 Å². The van der Waals surface area contributed by atoms with Gasteiger partial charge in [-0.1, -0.05) is 0 Å². The second kappa shape index (κ2) is 12.6. The predicted octanol–water partition coefficient (Wildman–Crippen LogP) is 2.96. The summed E-state index contributed by atoms with van der Waals surface area (Å²) in [5, 5.41) is 6.11. The molecule has 12 heteroatoms. The lowest BCUT2D eigenvalue weighted by atomic mass is 10.0. The van der Waals surface area contributed by atoms with Crippen LogP contribution >= 0.6 is 0 Å². The largest absolute Gasteiger partial charge is 0.354 e. The number of aromatic nitrogens is 6. The first-order valence-electron chi connectivity index (χ1n) is 15.6. The highest BCUT2D eigenvalue weighted by Gasteiger charge is 2.24. The number of piperazine rings is 2. The van der Waals surface area contributed by atoms with Crippen molar-refractivity contribution in [3.63, 3.8) is 0 Å². The Morgan fingerprint density at radius 3 is 2.20 bits per heavy atom. The number of anilines is 2. The van der Waals surface area contributed by atoms with E-state index < -0.39 is 0 Å². The molecule has 0 N–H and O–H groups in total. The van der Waals surface area contributed by atoms with Crippen LogP contribution < -0.4 is 9.80 Å². The lowest BCUT2D eigenvalue weighted by molar-refractivity contribution is 0.0746. The molecule has 12 nitrogen and oxygen atoms in total. The molecule has 0 unspecified atom stereocenters. The van der Waals surface area contributed by atoms with E-state index in [-0.39, 0.29) is 18.1 Å². The second-order valence-corrected chi connectivity index (χ2v) is 12.0. The molecule has 2 aliphatic rings. The van der Waals surface area contributed by atoms with E-state index in [2.05, 4.69) is 46.8 Å². The van der Waals surface area contributed by atoms with Gasteiger partial charge in [-0.05, 0) is 48.8 Å². The molecule has 0 atom stereocenters. The van der Waals surface area contributed by atoms with Gasteiger partial charge in [-0.25, -0.2) is 9.97 Å². The van der Waals surface area contributed by atoms with Crippen LogP contribution in [-0.2, 0) is 13.5 Å². The first kappa shape index (κ1) is 29.5. The third-order valence-corrected chi connectivity index (χ3v) is 8.78. The molecule has 46 heavy (non-hydrogen) atoms. The summed E-state index contributed by atoms with van der Waals surface area (Å²) >= 11 is 0. The normalized spacial score (nSPS) is 15.8. The van der Waals surface area contributed by atoms with Crippen molar-refractivity contribution in [3.05, 3.63) is 90.4 Å². The Hall–Kier alpha value is -5.23. The van der Waals surface area contributed by atoms with E-state index in [1.54, 1.807) is 41.7 Å². The zero-order valence-electron chi connectivity index (χ0n) is 26.1. The minimum absolute atomic E-state index is 0.0137. The number of carbonyl (C=O) groups excluding carboxylic acids is 2. The van der Waals surface area contributed by atoms with E-state index >= 15 is 0 Å². The van der Waals surface area contributed by atoms with Crippen LogP contribution in [0.5, 0.6) is 0 Å². The Kier molecular flexibility index (Phi) is 8.10. The predicted molar refractivity (Wildman–Crippen MR) is 176 cm³/mol. The van der Waals surface area contributed by atoms with Crippen molar-refractivity contribution in [1.82, 2.24) is 39.5 Å². The average Bonchev–Trinajstić information content (AvgIpc) is 3.54. The maximum Gasteiger partial charge on any atom is 0.255 e. The third kappa shape index (κ3) is 6.29. The molecule has 0 bridgehead atoms. The van der Waals surface area contributed by atoms with Gasteiger partial charge in [0, 0.05) is 113 Å². The van der Waals surface area contributed by atoms with Crippen LogP contribution in [-0.4, -0.2) is 111 Å². The van der Waals surface area contributed by atoms with Crippen LogP contribution in [0.3, 0.4) is 0 Å². The number of amides is 1. The number of ketones is 1. The number of aryl methyl sites for hydroxylation is 1. The Morgan fingerprint density at radius 2 is 1.46 bits per heavy atom. The van der Waals surface area contributed by atoms with E-state index in [4.69, 9.17) is 0 Å². The number of carbonyl (C=O) groups is 2. The molecule has 2 fully saturated rings. The van der Waals surface area contributed by atoms with Crippen LogP contribution in [0.4, 0.5) is 11.6 Å². The lowest BCUT2D eigenvalue weighted by Gasteiger charge is -2.35. The fourth-order valence-electron chi connectivity index (χ4n) is 5.98. The molecule has 0 saturated carbocycles. The van der Waals surface area contributed by atoms with Gasteiger partial charge in [0.05, 0.1) is 23.9 Å². The summed E-state index contributed by atoms with van der Waals surface area (Å²) in [6.45, 7) is 6.27. The van der Waals surface area contributed by atoms with E-state index in [9.17, 15) is 9.59 Å². The average molecular weight is 617 g/mol. The SMILES string of the molecule is CN1CCN(c2ccc(C(=O)N3CCN(c4cc(C(=O)Cc5cc6cc(-c7cnn(C)c7)ncc6cn5)ccn4)CC3)cn2)CC1. The van der Waals surface area contributed by atoms with Crippen molar-refractivity contribution >= 4 is 34.1 Å². The van der Waals surface area contributed by atoms with Crippen LogP contribution in [0.15, 0.2) is 73.6 Å². The fraction of sp³-hybridized carbons (Fsp3) is 0.324. The Morgan fingerprint density at radius 1 is 0.696 bits per heavy atom. The van der Waals surface area contributed by atoms with Crippen LogP contribution in [0.25, 0.3) is 22.0 Å². The summed E-state index contributed by atoms with van der Waals surface area (Å²) in [6, 6.07) is 11.4. The van der Waals surface area contributed by atoms with Crippen molar-refractivity contribution in [3.8, 4) is 11.3 Å². The Balaban J connectivity index is 0.967. The van der Waals surface area contributed by atoms with Gasteiger partial charge in [0.1, 0.15) is 11.6 Å². The van der Waals surface area contributed by atoms with Gasteiger partial charge in [0.25, 0.3) is 5.91 Å². The topological polar surface area (TPSA) is 116 Å².